The molecule has 1 aliphatic carbocycles. The molecule has 2 nitrogen and oxygen atoms in total. The summed E-state index contributed by atoms with van der Waals surface area (Å²) >= 11 is 0. The lowest BCUT2D eigenvalue weighted by atomic mass is 9.33. The van der Waals surface area contributed by atoms with Gasteiger partial charge in [0, 0.05) is 34.0 Å². The van der Waals surface area contributed by atoms with E-state index in [2.05, 4.69) is 229 Å². The molecule has 2 aliphatic heterocycles. The molecule has 0 fully saturated rings. The molecule has 0 radical (unpaired) electrons. The molecule has 6 aromatic carbocycles. The van der Waals surface area contributed by atoms with Gasteiger partial charge in [-0.25, -0.2) is 0 Å². The topological polar surface area (TPSA) is 6.48 Å². The lowest BCUT2D eigenvalue weighted by Gasteiger charge is -2.46. The zero-order chi connectivity index (χ0) is 43.8. The van der Waals surface area contributed by atoms with E-state index in [1.54, 1.807) is 0 Å². The van der Waals surface area contributed by atoms with Crippen LogP contribution in [0.3, 0.4) is 0 Å². The maximum Gasteiger partial charge on any atom is 0.252 e. The molecule has 0 N–H and O–H groups in total. The molecule has 3 aliphatic rings. The predicted octanol–water partition coefficient (Wildman–Crippen LogP) is 14.4. The van der Waals surface area contributed by atoms with E-state index in [0.717, 1.165) is 6.42 Å². The molecule has 312 valence electrons. The van der Waals surface area contributed by atoms with Crippen LogP contribution in [0, 0.1) is 0 Å². The van der Waals surface area contributed by atoms with Crippen molar-refractivity contribution in [3.63, 3.8) is 0 Å². The smallest absolute Gasteiger partial charge is 0.252 e. The van der Waals surface area contributed by atoms with Crippen molar-refractivity contribution in [2.75, 3.05) is 9.80 Å². The van der Waals surface area contributed by atoms with Gasteiger partial charge >= 0.3 is 0 Å². The summed E-state index contributed by atoms with van der Waals surface area (Å²) in [6, 6.07) is 45.5. The van der Waals surface area contributed by atoms with Crippen molar-refractivity contribution in [3.05, 3.63) is 149 Å². The van der Waals surface area contributed by atoms with Gasteiger partial charge in [-0.2, -0.15) is 0 Å². The summed E-state index contributed by atoms with van der Waals surface area (Å²) in [6.07, 6.45) is 1.12. The minimum atomic E-state index is -0.00999. The van der Waals surface area contributed by atoms with E-state index < -0.39 is 0 Å². The third kappa shape index (κ3) is 6.77. The standard InChI is InChI=1S/C58H67BN2/c1-36(2)38-28-51-53-52(29-38)61(48-27-25-40(55(6,7)8)31-43(48)37-20-17-16-18-21-37)50-34-45-44(57(12,13)35-58(45,14)15)33-47(50)59(53)46-26-24-41(56(9,10)11)32-49(46)60(51)42-23-19-22-39(30-42)54(3,4)5/h16-34,36H,35H2,1-15H3. The van der Waals surface area contributed by atoms with Crippen molar-refractivity contribution < 1.29 is 0 Å². The maximum atomic E-state index is 2.69. The summed E-state index contributed by atoms with van der Waals surface area (Å²) in [5.74, 6) is 0.324. The normalized spacial score (nSPS) is 16.4. The molecule has 0 amide bonds. The Morgan fingerprint density at radius 2 is 1.05 bits per heavy atom. The molecule has 0 saturated heterocycles. The van der Waals surface area contributed by atoms with E-state index >= 15 is 0 Å². The van der Waals surface area contributed by atoms with Crippen LogP contribution in [0.4, 0.5) is 34.1 Å². The highest BCUT2D eigenvalue weighted by atomic mass is 15.2. The van der Waals surface area contributed by atoms with Gasteiger partial charge in [0.2, 0.25) is 0 Å². The minimum Gasteiger partial charge on any atom is -0.311 e. The largest absolute Gasteiger partial charge is 0.311 e. The Balaban J connectivity index is 1.45. The van der Waals surface area contributed by atoms with Crippen LogP contribution in [-0.4, -0.2) is 6.71 Å². The van der Waals surface area contributed by atoms with Gasteiger partial charge in [0.1, 0.15) is 0 Å². The SMILES string of the molecule is CC(C)c1cc2c3c(c1)N(c1ccc(C(C)(C)C)cc1-c1ccccc1)c1cc4c(cc1B3c1ccc(C(C)(C)C)cc1N2c1cccc(C(C)(C)C)c1)C(C)(C)CC4(C)C. The van der Waals surface area contributed by atoms with Gasteiger partial charge in [-0.15, -0.1) is 0 Å². The van der Waals surface area contributed by atoms with Gasteiger partial charge in [0.05, 0.1) is 5.69 Å². The first-order valence-corrected chi connectivity index (χ1v) is 22.9. The molecule has 6 aromatic rings. The van der Waals surface area contributed by atoms with Crippen molar-refractivity contribution in [1.29, 1.82) is 0 Å². The second kappa shape index (κ2) is 13.7. The van der Waals surface area contributed by atoms with Gasteiger partial charge in [-0.1, -0.05) is 171 Å². The van der Waals surface area contributed by atoms with Crippen molar-refractivity contribution >= 4 is 57.2 Å². The first kappa shape index (κ1) is 41.3. The summed E-state index contributed by atoms with van der Waals surface area (Å²) in [7, 11) is 0. The van der Waals surface area contributed by atoms with Crippen LogP contribution >= 0.6 is 0 Å². The summed E-state index contributed by atoms with van der Waals surface area (Å²) in [5.41, 5.74) is 22.8. The fraction of sp³-hybridized carbons (Fsp3) is 0.379. The van der Waals surface area contributed by atoms with Crippen molar-refractivity contribution in [1.82, 2.24) is 0 Å². The van der Waals surface area contributed by atoms with Crippen LogP contribution in [-0.2, 0) is 27.1 Å². The Bertz CT molecular complexity index is 2710. The fourth-order valence-corrected chi connectivity index (χ4v) is 11.0. The lowest BCUT2D eigenvalue weighted by Crippen LogP contribution is -2.61. The third-order valence-corrected chi connectivity index (χ3v) is 14.3. The highest BCUT2D eigenvalue weighted by molar-refractivity contribution is 7.00. The van der Waals surface area contributed by atoms with Crippen molar-refractivity contribution in [2.45, 2.75) is 143 Å². The van der Waals surface area contributed by atoms with Crippen molar-refractivity contribution in [2.24, 2.45) is 0 Å². The molecule has 0 atom stereocenters. The molecular weight excluding hydrogens is 735 g/mol. The molecule has 9 rings (SSSR count). The van der Waals surface area contributed by atoms with Crippen LogP contribution in [0.1, 0.15) is 150 Å². The van der Waals surface area contributed by atoms with Gasteiger partial charge in [0.25, 0.3) is 6.71 Å². The van der Waals surface area contributed by atoms with Gasteiger partial charge in [0.15, 0.2) is 0 Å². The van der Waals surface area contributed by atoms with Crippen LogP contribution in [0.2, 0.25) is 0 Å². The molecule has 3 heteroatoms. The van der Waals surface area contributed by atoms with Crippen LogP contribution < -0.4 is 26.2 Å². The second-order valence-electron chi connectivity index (χ2n) is 23.3. The zero-order valence-corrected chi connectivity index (χ0v) is 39.7. The van der Waals surface area contributed by atoms with Crippen LogP contribution in [0.15, 0.2) is 115 Å². The first-order chi connectivity index (χ1) is 28.5. The van der Waals surface area contributed by atoms with E-state index in [4.69, 9.17) is 0 Å². The Morgan fingerprint density at radius 1 is 0.492 bits per heavy atom. The van der Waals surface area contributed by atoms with Crippen LogP contribution in [0.25, 0.3) is 11.1 Å². The van der Waals surface area contributed by atoms with Crippen LogP contribution in [0.5, 0.6) is 0 Å². The first-order valence-electron chi connectivity index (χ1n) is 22.9. The third-order valence-electron chi connectivity index (χ3n) is 14.3. The monoisotopic (exact) mass is 803 g/mol. The molecule has 0 spiro atoms. The fourth-order valence-electron chi connectivity index (χ4n) is 11.0. The Labute approximate surface area is 368 Å². The van der Waals surface area contributed by atoms with E-state index in [1.807, 2.05) is 0 Å². The maximum absolute atomic E-state index is 2.69. The lowest BCUT2D eigenvalue weighted by molar-refractivity contribution is 0.403. The van der Waals surface area contributed by atoms with E-state index in [9.17, 15) is 0 Å². The molecule has 0 unspecified atom stereocenters. The average Bonchev–Trinajstić information content (AvgIpc) is 3.37. The summed E-state index contributed by atoms with van der Waals surface area (Å²) in [6.45, 7) is 35.7. The Kier molecular flexibility index (Phi) is 9.31. The molecule has 61 heavy (non-hydrogen) atoms. The molecule has 2 heterocycles. The van der Waals surface area contributed by atoms with Gasteiger partial charge < -0.3 is 9.80 Å². The van der Waals surface area contributed by atoms with E-state index in [-0.39, 0.29) is 33.8 Å². The Hall–Kier alpha value is -5.02. The van der Waals surface area contributed by atoms with Crippen molar-refractivity contribution in [3.8, 4) is 11.1 Å². The molecule has 0 saturated carbocycles. The second-order valence-corrected chi connectivity index (χ2v) is 23.3. The summed E-state index contributed by atoms with van der Waals surface area (Å²) in [4.78, 5) is 5.32. The Morgan fingerprint density at radius 3 is 1.67 bits per heavy atom. The molecule has 0 aromatic heterocycles. The summed E-state index contributed by atoms with van der Waals surface area (Å²) < 4.78 is 0. The minimum absolute atomic E-state index is 0.00216. The van der Waals surface area contributed by atoms with E-state index in [1.165, 1.54) is 95.0 Å². The predicted molar refractivity (Wildman–Crippen MR) is 267 cm³/mol. The number of hydrogen-bond donors (Lipinski definition) is 0. The van der Waals surface area contributed by atoms with Gasteiger partial charge in [-0.3, -0.25) is 0 Å². The van der Waals surface area contributed by atoms with E-state index in [0.29, 0.717) is 5.92 Å². The summed E-state index contributed by atoms with van der Waals surface area (Å²) in [5, 5.41) is 0. The number of hydrogen-bond acceptors (Lipinski definition) is 2. The number of nitrogens with zero attached hydrogens (tertiary/aromatic N) is 2. The quantitative estimate of drug-likeness (QED) is 0.164. The molecule has 0 bridgehead atoms. The highest BCUT2D eigenvalue weighted by Crippen LogP contribution is 2.54. The molecular formula is C58H67BN2. The number of anilines is 6. The number of fused-ring (bicyclic) bond motifs is 5. The zero-order valence-electron chi connectivity index (χ0n) is 39.7. The number of rotatable bonds is 4. The van der Waals surface area contributed by atoms with Gasteiger partial charge in [-0.05, 0) is 143 Å². The average molecular weight is 803 g/mol. The highest BCUT2D eigenvalue weighted by Gasteiger charge is 2.48. The number of benzene rings is 6.